The van der Waals surface area contributed by atoms with E-state index in [4.69, 9.17) is 4.74 Å². The third-order valence-electron chi connectivity index (χ3n) is 4.44. The first-order chi connectivity index (χ1) is 8.28. The van der Waals surface area contributed by atoms with Crippen molar-refractivity contribution in [1.29, 1.82) is 0 Å². The second-order valence-corrected chi connectivity index (χ2v) is 7.62. The predicted molar refractivity (Wildman–Crippen MR) is 75.9 cm³/mol. The summed E-state index contributed by atoms with van der Waals surface area (Å²) in [6, 6.07) is 1.32. The lowest BCUT2D eigenvalue weighted by molar-refractivity contribution is -0.0880. The van der Waals surface area contributed by atoms with Crippen molar-refractivity contribution >= 4 is 0 Å². The molecule has 0 aromatic heterocycles. The molecule has 2 heterocycles. The van der Waals surface area contributed by atoms with Crippen LogP contribution in [-0.4, -0.2) is 48.8 Å². The Balaban J connectivity index is 1.96. The molecule has 0 aliphatic carbocycles. The number of rotatable bonds is 1. The van der Waals surface area contributed by atoms with Crippen molar-refractivity contribution in [2.75, 3.05) is 26.2 Å². The van der Waals surface area contributed by atoms with Crippen molar-refractivity contribution in [3.63, 3.8) is 0 Å². The Morgan fingerprint density at radius 1 is 1.28 bits per heavy atom. The zero-order valence-electron chi connectivity index (χ0n) is 12.8. The van der Waals surface area contributed by atoms with Gasteiger partial charge in [0.05, 0.1) is 5.60 Å². The topological polar surface area (TPSA) is 24.5 Å². The second kappa shape index (κ2) is 5.10. The van der Waals surface area contributed by atoms with E-state index in [1.807, 2.05) is 0 Å². The van der Waals surface area contributed by atoms with Crippen molar-refractivity contribution < 1.29 is 4.74 Å². The molecule has 0 spiro atoms. The van der Waals surface area contributed by atoms with E-state index < -0.39 is 0 Å². The molecule has 2 saturated heterocycles. The van der Waals surface area contributed by atoms with Crippen LogP contribution >= 0.6 is 0 Å². The summed E-state index contributed by atoms with van der Waals surface area (Å²) in [5, 5.41) is 3.68. The predicted octanol–water partition coefficient (Wildman–Crippen LogP) is 2.26. The van der Waals surface area contributed by atoms with Crippen LogP contribution in [0.2, 0.25) is 0 Å². The molecule has 106 valence electrons. The molecule has 2 atom stereocenters. The fourth-order valence-corrected chi connectivity index (χ4v) is 3.20. The average molecular weight is 254 g/mol. The van der Waals surface area contributed by atoms with E-state index in [0.717, 1.165) is 13.2 Å². The molecule has 2 rings (SSSR count). The summed E-state index contributed by atoms with van der Waals surface area (Å²) in [5.41, 5.74) is 0.407. The fraction of sp³-hybridized carbons (Fsp3) is 1.00. The van der Waals surface area contributed by atoms with Gasteiger partial charge >= 0.3 is 0 Å². The van der Waals surface area contributed by atoms with Gasteiger partial charge in [-0.1, -0.05) is 20.8 Å². The van der Waals surface area contributed by atoms with Crippen LogP contribution in [0.4, 0.5) is 0 Å². The van der Waals surface area contributed by atoms with Gasteiger partial charge in [-0.25, -0.2) is 0 Å². The molecule has 0 aromatic carbocycles. The molecule has 18 heavy (non-hydrogen) atoms. The van der Waals surface area contributed by atoms with Crippen molar-refractivity contribution in [1.82, 2.24) is 10.2 Å². The van der Waals surface area contributed by atoms with Gasteiger partial charge in [-0.2, -0.15) is 0 Å². The van der Waals surface area contributed by atoms with E-state index in [-0.39, 0.29) is 5.60 Å². The minimum Gasteiger partial charge on any atom is -0.375 e. The van der Waals surface area contributed by atoms with Crippen LogP contribution < -0.4 is 5.32 Å². The number of nitrogens with one attached hydrogen (secondary N) is 1. The SMILES string of the molecule is CC1(C)CC(N2CCNC(C(C)(C)C)C2)CCO1. The summed E-state index contributed by atoms with van der Waals surface area (Å²) in [5.74, 6) is 0. The molecular weight excluding hydrogens is 224 g/mol. The minimum absolute atomic E-state index is 0.0605. The lowest BCUT2D eigenvalue weighted by Crippen LogP contribution is -2.59. The molecule has 2 aliphatic rings. The van der Waals surface area contributed by atoms with Crippen molar-refractivity contribution in [2.24, 2.45) is 5.41 Å². The molecule has 0 radical (unpaired) electrons. The normalized spacial score (nSPS) is 34.5. The smallest absolute Gasteiger partial charge is 0.0641 e. The lowest BCUT2D eigenvalue weighted by Gasteiger charge is -2.47. The number of nitrogens with zero attached hydrogens (tertiary/aromatic N) is 1. The standard InChI is InChI=1S/C15H30N2O/c1-14(2,3)13-11-17(8-7-16-13)12-6-9-18-15(4,5)10-12/h12-13,16H,6-11H2,1-5H3. The quantitative estimate of drug-likeness (QED) is 0.777. The molecule has 2 fully saturated rings. The lowest BCUT2D eigenvalue weighted by atomic mass is 9.84. The Hall–Kier alpha value is -0.120. The third kappa shape index (κ3) is 3.46. The molecule has 3 nitrogen and oxygen atoms in total. The van der Waals surface area contributed by atoms with E-state index in [1.165, 1.54) is 25.9 Å². The maximum Gasteiger partial charge on any atom is 0.0641 e. The monoisotopic (exact) mass is 254 g/mol. The number of hydrogen-bond acceptors (Lipinski definition) is 3. The van der Waals surface area contributed by atoms with Gasteiger partial charge in [-0.05, 0) is 32.1 Å². The van der Waals surface area contributed by atoms with Crippen LogP contribution in [0.25, 0.3) is 0 Å². The average Bonchev–Trinajstić information content (AvgIpc) is 2.27. The molecule has 2 aliphatic heterocycles. The van der Waals surface area contributed by atoms with Gasteiger partial charge in [0, 0.05) is 38.3 Å². The van der Waals surface area contributed by atoms with Gasteiger partial charge in [-0.15, -0.1) is 0 Å². The largest absolute Gasteiger partial charge is 0.375 e. The summed E-state index contributed by atoms with van der Waals surface area (Å²) < 4.78 is 5.84. The van der Waals surface area contributed by atoms with Crippen LogP contribution in [0.5, 0.6) is 0 Å². The Bertz CT molecular complexity index is 279. The van der Waals surface area contributed by atoms with E-state index >= 15 is 0 Å². The summed E-state index contributed by atoms with van der Waals surface area (Å²) in [6.45, 7) is 15.9. The highest BCUT2D eigenvalue weighted by Gasteiger charge is 2.36. The number of piperazine rings is 1. The molecular formula is C15H30N2O. The first kappa shape index (κ1) is 14.3. The van der Waals surface area contributed by atoms with Gasteiger partial charge in [0.2, 0.25) is 0 Å². The summed E-state index contributed by atoms with van der Waals surface area (Å²) in [7, 11) is 0. The van der Waals surface area contributed by atoms with Crippen LogP contribution in [0.1, 0.15) is 47.5 Å². The molecule has 1 N–H and O–H groups in total. The van der Waals surface area contributed by atoms with Crippen LogP contribution in [0.15, 0.2) is 0 Å². The van der Waals surface area contributed by atoms with Gasteiger partial charge in [0.15, 0.2) is 0 Å². The molecule has 3 heteroatoms. The zero-order valence-corrected chi connectivity index (χ0v) is 12.8. The maximum absolute atomic E-state index is 5.84. The van der Waals surface area contributed by atoms with Crippen molar-refractivity contribution in [3.05, 3.63) is 0 Å². The first-order valence-electron chi connectivity index (χ1n) is 7.39. The highest BCUT2D eigenvalue weighted by molar-refractivity contribution is 4.92. The fourth-order valence-electron chi connectivity index (χ4n) is 3.20. The van der Waals surface area contributed by atoms with Crippen LogP contribution in [0, 0.1) is 5.41 Å². The van der Waals surface area contributed by atoms with E-state index in [9.17, 15) is 0 Å². The van der Waals surface area contributed by atoms with Gasteiger partial charge < -0.3 is 10.1 Å². The summed E-state index contributed by atoms with van der Waals surface area (Å²) in [4.78, 5) is 2.69. The summed E-state index contributed by atoms with van der Waals surface area (Å²) >= 11 is 0. The number of ether oxygens (including phenoxy) is 1. The zero-order chi connectivity index (χ0) is 13.4. The van der Waals surface area contributed by atoms with Crippen LogP contribution in [-0.2, 0) is 4.74 Å². The molecule has 0 aromatic rings. The molecule has 2 unspecified atom stereocenters. The number of hydrogen-bond donors (Lipinski definition) is 1. The minimum atomic E-state index is 0.0605. The Morgan fingerprint density at radius 2 is 2.00 bits per heavy atom. The van der Waals surface area contributed by atoms with E-state index in [2.05, 4.69) is 44.8 Å². The summed E-state index contributed by atoms with van der Waals surface area (Å²) in [6.07, 6.45) is 2.37. The van der Waals surface area contributed by atoms with Crippen molar-refractivity contribution in [2.45, 2.75) is 65.1 Å². The molecule has 0 amide bonds. The van der Waals surface area contributed by atoms with E-state index in [1.54, 1.807) is 0 Å². The third-order valence-corrected chi connectivity index (χ3v) is 4.44. The Labute approximate surface area is 112 Å². The van der Waals surface area contributed by atoms with Gasteiger partial charge in [0.25, 0.3) is 0 Å². The highest BCUT2D eigenvalue weighted by atomic mass is 16.5. The maximum atomic E-state index is 5.84. The van der Waals surface area contributed by atoms with E-state index in [0.29, 0.717) is 17.5 Å². The highest BCUT2D eigenvalue weighted by Crippen LogP contribution is 2.30. The van der Waals surface area contributed by atoms with Crippen LogP contribution in [0.3, 0.4) is 0 Å². The Morgan fingerprint density at radius 3 is 2.61 bits per heavy atom. The Kier molecular flexibility index (Phi) is 4.05. The molecule has 0 bridgehead atoms. The molecule has 0 saturated carbocycles. The first-order valence-corrected chi connectivity index (χ1v) is 7.39. The van der Waals surface area contributed by atoms with Gasteiger partial charge in [0.1, 0.15) is 0 Å². The van der Waals surface area contributed by atoms with Gasteiger partial charge in [-0.3, -0.25) is 4.90 Å². The van der Waals surface area contributed by atoms with Crippen molar-refractivity contribution in [3.8, 4) is 0 Å². The second-order valence-electron chi connectivity index (χ2n) is 7.62.